The SMILES string of the molecule is Cc1cccc(N=C2CC2S[Si](C)(C)C)c1. The molecule has 2 rings (SSSR count). The Morgan fingerprint density at radius 2 is 2.06 bits per heavy atom. The van der Waals surface area contributed by atoms with Crippen LogP contribution in [-0.2, 0) is 0 Å². The van der Waals surface area contributed by atoms with Gasteiger partial charge in [-0.2, -0.15) is 11.2 Å². The van der Waals surface area contributed by atoms with Crippen molar-refractivity contribution in [2.75, 3.05) is 0 Å². The Bertz CT molecular complexity index is 420. The Balaban J connectivity index is 2.01. The van der Waals surface area contributed by atoms with Crippen LogP contribution in [0, 0.1) is 6.92 Å². The largest absolute Gasteiger partial charge is 0.257 e. The molecule has 1 fully saturated rings. The first-order valence-electron chi connectivity index (χ1n) is 5.76. The summed E-state index contributed by atoms with van der Waals surface area (Å²) in [6.45, 7) is 9.33. The standard InChI is InChI=1S/C13H19NSSi/c1-10-6-5-7-11(8-10)14-12-9-13(12)15-16(2,3)4/h5-8,13H,9H2,1-4H3. The third-order valence-corrected chi connectivity index (χ3v) is 6.78. The van der Waals surface area contributed by atoms with Crippen molar-refractivity contribution in [3.8, 4) is 0 Å². The van der Waals surface area contributed by atoms with Gasteiger partial charge in [-0.1, -0.05) is 31.8 Å². The smallest absolute Gasteiger partial charge is 0.109 e. The van der Waals surface area contributed by atoms with E-state index in [1.165, 1.54) is 17.7 Å². The minimum Gasteiger partial charge on any atom is -0.257 e. The molecule has 0 spiro atoms. The molecule has 0 amide bonds. The quantitative estimate of drug-likeness (QED) is 0.723. The van der Waals surface area contributed by atoms with Crippen LogP contribution in [0.25, 0.3) is 0 Å². The fourth-order valence-corrected chi connectivity index (χ4v) is 6.16. The molecule has 0 aliphatic heterocycles. The van der Waals surface area contributed by atoms with Crippen molar-refractivity contribution in [3.05, 3.63) is 29.8 Å². The molecule has 1 aliphatic carbocycles. The second-order valence-corrected chi connectivity index (χ2v) is 14.8. The molecule has 0 N–H and O–H groups in total. The summed E-state index contributed by atoms with van der Waals surface area (Å²) in [4.78, 5) is 4.72. The Morgan fingerprint density at radius 3 is 2.69 bits per heavy atom. The maximum atomic E-state index is 4.72. The van der Waals surface area contributed by atoms with E-state index in [9.17, 15) is 0 Å². The zero-order chi connectivity index (χ0) is 11.8. The molecule has 1 nitrogen and oxygen atoms in total. The zero-order valence-corrected chi connectivity index (χ0v) is 12.3. The summed E-state index contributed by atoms with van der Waals surface area (Å²) < 4.78 is 0. The van der Waals surface area contributed by atoms with Crippen molar-refractivity contribution >= 4 is 29.8 Å². The number of benzene rings is 1. The van der Waals surface area contributed by atoms with Gasteiger partial charge in [0.25, 0.3) is 0 Å². The molecule has 1 aromatic carbocycles. The first-order valence-corrected chi connectivity index (χ1v) is 10.9. The average Bonchev–Trinajstić information content (AvgIpc) is 2.80. The first kappa shape index (κ1) is 11.9. The fourth-order valence-electron chi connectivity index (χ4n) is 1.65. The van der Waals surface area contributed by atoms with E-state index in [2.05, 4.69) is 62.0 Å². The molecule has 1 saturated carbocycles. The highest BCUT2D eigenvalue weighted by molar-refractivity contribution is 8.29. The van der Waals surface area contributed by atoms with Crippen LogP contribution in [0.4, 0.5) is 5.69 Å². The number of hydrogen-bond acceptors (Lipinski definition) is 2. The molecule has 1 unspecified atom stereocenters. The van der Waals surface area contributed by atoms with Crippen molar-refractivity contribution in [1.82, 2.24) is 0 Å². The maximum absolute atomic E-state index is 4.72. The van der Waals surface area contributed by atoms with E-state index in [1.807, 2.05) is 0 Å². The summed E-state index contributed by atoms with van der Waals surface area (Å²) in [6.07, 6.45) is 1.20. The summed E-state index contributed by atoms with van der Waals surface area (Å²) in [7, 11) is -0.992. The normalized spacial score (nSPS) is 22.5. The second-order valence-electron chi connectivity index (χ2n) is 5.37. The van der Waals surface area contributed by atoms with Crippen molar-refractivity contribution in [2.45, 2.75) is 38.2 Å². The van der Waals surface area contributed by atoms with Crippen LogP contribution < -0.4 is 0 Å². The highest BCUT2D eigenvalue weighted by Crippen LogP contribution is 2.39. The lowest BCUT2D eigenvalue weighted by atomic mass is 10.2. The van der Waals surface area contributed by atoms with E-state index in [0.717, 1.165) is 5.69 Å². The number of nitrogens with zero attached hydrogens (tertiary/aromatic N) is 1. The monoisotopic (exact) mass is 249 g/mol. The predicted octanol–water partition coefficient (Wildman–Crippen LogP) is 4.41. The van der Waals surface area contributed by atoms with Gasteiger partial charge in [-0.05, 0) is 24.6 Å². The van der Waals surface area contributed by atoms with Gasteiger partial charge < -0.3 is 0 Å². The first-order chi connectivity index (χ1) is 7.44. The van der Waals surface area contributed by atoms with E-state index in [1.54, 1.807) is 0 Å². The van der Waals surface area contributed by atoms with Gasteiger partial charge in [-0.3, -0.25) is 4.99 Å². The van der Waals surface area contributed by atoms with Gasteiger partial charge in [0.1, 0.15) is 7.22 Å². The molecule has 0 saturated heterocycles. The van der Waals surface area contributed by atoms with E-state index in [-0.39, 0.29) is 0 Å². The molecule has 1 aromatic rings. The molecule has 0 bridgehead atoms. The highest BCUT2D eigenvalue weighted by Gasteiger charge is 2.36. The lowest BCUT2D eigenvalue weighted by molar-refractivity contribution is 1.43. The number of rotatable bonds is 3. The van der Waals surface area contributed by atoms with Crippen molar-refractivity contribution in [2.24, 2.45) is 4.99 Å². The fraction of sp³-hybridized carbons (Fsp3) is 0.462. The molecular weight excluding hydrogens is 230 g/mol. The molecule has 0 heterocycles. The summed E-state index contributed by atoms with van der Waals surface area (Å²) in [5.74, 6) is 0. The third-order valence-electron chi connectivity index (χ3n) is 2.38. The Kier molecular flexibility index (Phi) is 3.26. The minimum atomic E-state index is -0.992. The number of hydrogen-bond donors (Lipinski definition) is 0. The van der Waals surface area contributed by atoms with Gasteiger partial charge in [-0.25, -0.2) is 0 Å². The summed E-state index contributed by atoms with van der Waals surface area (Å²) in [5, 5.41) is 0.715. The Labute approximate surface area is 103 Å². The van der Waals surface area contributed by atoms with Gasteiger partial charge in [0, 0.05) is 17.4 Å². The second kappa shape index (κ2) is 4.38. The number of aliphatic imine (C=N–C) groups is 1. The maximum Gasteiger partial charge on any atom is 0.109 e. The van der Waals surface area contributed by atoms with Gasteiger partial charge >= 0.3 is 0 Å². The molecule has 3 heteroatoms. The summed E-state index contributed by atoms with van der Waals surface area (Å²) in [5.41, 5.74) is 3.80. The van der Waals surface area contributed by atoms with Crippen LogP contribution in [0.5, 0.6) is 0 Å². The number of aryl methyl sites for hydroxylation is 1. The third kappa shape index (κ3) is 3.49. The molecule has 0 aromatic heterocycles. The average molecular weight is 249 g/mol. The molecule has 16 heavy (non-hydrogen) atoms. The Hall–Kier alpha value is -0.543. The van der Waals surface area contributed by atoms with Crippen molar-refractivity contribution < 1.29 is 0 Å². The van der Waals surface area contributed by atoms with E-state index in [4.69, 9.17) is 4.99 Å². The molecule has 86 valence electrons. The molecule has 1 aliphatic rings. The van der Waals surface area contributed by atoms with Crippen LogP contribution in [0.2, 0.25) is 19.6 Å². The predicted molar refractivity (Wildman–Crippen MR) is 77.6 cm³/mol. The van der Waals surface area contributed by atoms with Crippen LogP contribution in [0.3, 0.4) is 0 Å². The molecule has 0 radical (unpaired) electrons. The minimum absolute atomic E-state index is 0.715. The lowest BCUT2D eigenvalue weighted by Crippen LogP contribution is -2.15. The van der Waals surface area contributed by atoms with Crippen LogP contribution in [-0.4, -0.2) is 18.2 Å². The van der Waals surface area contributed by atoms with Gasteiger partial charge in [-0.15, -0.1) is 0 Å². The van der Waals surface area contributed by atoms with Crippen molar-refractivity contribution in [3.63, 3.8) is 0 Å². The van der Waals surface area contributed by atoms with Crippen LogP contribution >= 0.6 is 11.2 Å². The zero-order valence-electron chi connectivity index (χ0n) is 10.4. The van der Waals surface area contributed by atoms with Gasteiger partial charge in [0.05, 0.1) is 5.69 Å². The van der Waals surface area contributed by atoms with Crippen molar-refractivity contribution in [1.29, 1.82) is 0 Å². The lowest BCUT2D eigenvalue weighted by Gasteiger charge is -2.13. The molecule has 1 atom stereocenters. The summed E-state index contributed by atoms with van der Waals surface area (Å²) in [6, 6.07) is 8.44. The van der Waals surface area contributed by atoms with E-state index < -0.39 is 7.22 Å². The van der Waals surface area contributed by atoms with Crippen LogP contribution in [0.1, 0.15) is 12.0 Å². The highest BCUT2D eigenvalue weighted by atomic mass is 32.4. The summed E-state index contributed by atoms with van der Waals surface area (Å²) >= 11 is 2.16. The topological polar surface area (TPSA) is 12.4 Å². The van der Waals surface area contributed by atoms with Crippen LogP contribution in [0.15, 0.2) is 29.3 Å². The Morgan fingerprint density at radius 1 is 1.31 bits per heavy atom. The molecular formula is C13H19NSSi. The van der Waals surface area contributed by atoms with Gasteiger partial charge in [0.15, 0.2) is 0 Å². The van der Waals surface area contributed by atoms with Gasteiger partial charge in [0.2, 0.25) is 0 Å². The van der Waals surface area contributed by atoms with E-state index >= 15 is 0 Å². The van der Waals surface area contributed by atoms with E-state index in [0.29, 0.717) is 5.25 Å².